The Hall–Kier alpha value is -1.86. The Balaban J connectivity index is 1.79. The number of nitrogens with zero attached hydrogens (tertiary/aromatic N) is 2. The van der Waals surface area contributed by atoms with Gasteiger partial charge in [0.2, 0.25) is 0 Å². The average molecular weight is 414 g/mol. The van der Waals surface area contributed by atoms with E-state index in [0.29, 0.717) is 28.8 Å². The highest BCUT2D eigenvalue weighted by molar-refractivity contribution is 9.12. The van der Waals surface area contributed by atoms with Gasteiger partial charge < -0.3 is 10.4 Å². The van der Waals surface area contributed by atoms with E-state index < -0.39 is 4.75 Å². The standard InChI is InChI=1S/C18H12BrN3O2S/c19-9-3-8-4-11-22-16-13(18(8,25-11)5-10(9)23)14-12-7(1-2-20-14)6-21-15(12)17(16)24/h3-4,6,11,22,24H,1-2,5H2. The SMILES string of the molecule is O=C1CC23SC(C=C2C=C1Br)Nc1c(O)c2c4c(c13)=NCCC=4C=N2. The number of allylic oxidation sites excluding steroid dienone is 2. The maximum absolute atomic E-state index is 12.5. The molecular weight excluding hydrogens is 402 g/mol. The van der Waals surface area contributed by atoms with Crippen molar-refractivity contribution in [2.24, 2.45) is 9.98 Å². The molecule has 1 aromatic carbocycles. The molecule has 0 saturated heterocycles. The molecule has 1 aromatic rings. The number of ketones is 1. The van der Waals surface area contributed by atoms with Crippen LogP contribution in [-0.2, 0) is 9.54 Å². The number of halogens is 1. The number of benzene rings is 1. The van der Waals surface area contributed by atoms with Gasteiger partial charge in [-0.1, -0.05) is 0 Å². The van der Waals surface area contributed by atoms with Gasteiger partial charge in [-0.15, -0.1) is 11.8 Å². The second kappa shape index (κ2) is 4.45. The summed E-state index contributed by atoms with van der Waals surface area (Å²) < 4.78 is 0.140. The van der Waals surface area contributed by atoms with Crippen LogP contribution >= 0.6 is 27.7 Å². The monoisotopic (exact) mass is 413 g/mol. The van der Waals surface area contributed by atoms with E-state index in [4.69, 9.17) is 4.99 Å². The summed E-state index contributed by atoms with van der Waals surface area (Å²) in [6.45, 7) is 0.710. The van der Waals surface area contributed by atoms with E-state index >= 15 is 0 Å². The number of carbonyl (C=O) groups is 1. The third kappa shape index (κ3) is 1.59. The normalized spacial score (nSPS) is 30.0. The fraction of sp³-hybridized carbons (Fsp3) is 0.278. The highest BCUT2D eigenvalue weighted by Gasteiger charge is 2.53. The first kappa shape index (κ1) is 14.3. The highest BCUT2D eigenvalue weighted by Crippen LogP contribution is 2.61. The van der Waals surface area contributed by atoms with Crippen LogP contribution in [-0.4, -0.2) is 29.0 Å². The van der Waals surface area contributed by atoms with Gasteiger partial charge in [0.05, 0.1) is 25.6 Å². The molecule has 2 N–H and O–H groups in total. The van der Waals surface area contributed by atoms with Gasteiger partial charge >= 0.3 is 0 Å². The van der Waals surface area contributed by atoms with Crippen LogP contribution < -0.4 is 15.9 Å². The number of aliphatic imine (C=N–C) groups is 1. The van der Waals surface area contributed by atoms with Crippen molar-refractivity contribution in [2.45, 2.75) is 23.0 Å². The molecule has 5 nitrogen and oxygen atoms in total. The van der Waals surface area contributed by atoms with Gasteiger partial charge in [-0.05, 0) is 45.6 Å². The topological polar surface area (TPSA) is 74.0 Å². The van der Waals surface area contributed by atoms with Crippen LogP contribution in [0.5, 0.6) is 5.75 Å². The lowest BCUT2D eigenvalue weighted by molar-refractivity contribution is -0.115. The maximum Gasteiger partial charge on any atom is 0.171 e. The van der Waals surface area contributed by atoms with Crippen molar-refractivity contribution in [1.82, 2.24) is 0 Å². The first-order chi connectivity index (χ1) is 12.1. The Bertz CT molecular complexity index is 1130. The molecule has 2 atom stereocenters. The van der Waals surface area contributed by atoms with Crippen LogP contribution in [0.15, 0.2) is 32.2 Å². The molecule has 5 aliphatic rings. The molecular formula is C18H12BrN3O2S. The van der Waals surface area contributed by atoms with Crippen molar-refractivity contribution in [2.75, 3.05) is 11.9 Å². The summed E-state index contributed by atoms with van der Waals surface area (Å²) in [7, 11) is 0. The molecule has 7 heteroatoms. The van der Waals surface area contributed by atoms with Crippen LogP contribution in [0.4, 0.5) is 11.4 Å². The first-order valence-corrected chi connectivity index (χ1v) is 9.84. The fourth-order valence-electron chi connectivity index (χ4n) is 4.47. The van der Waals surface area contributed by atoms with Crippen molar-refractivity contribution in [3.05, 3.63) is 38.3 Å². The first-order valence-electron chi connectivity index (χ1n) is 8.17. The smallest absolute Gasteiger partial charge is 0.171 e. The molecule has 0 amide bonds. The van der Waals surface area contributed by atoms with E-state index in [0.717, 1.165) is 33.7 Å². The van der Waals surface area contributed by atoms with Gasteiger partial charge in [0, 0.05) is 30.0 Å². The largest absolute Gasteiger partial charge is 0.504 e. The lowest BCUT2D eigenvalue weighted by Crippen LogP contribution is -2.44. The van der Waals surface area contributed by atoms with E-state index in [1.807, 2.05) is 12.3 Å². The summed E-state index contributed by atoms with van der Waals surface area (Å²) >= 11 is 5.12. The molecule has 0 radical (unpaired) electrons. The minimum atomic E-state index is -0.476. The number of fused-ring (bicyclic) bond motifs is 3. The van der Waals surface area contributed by atoms with Crippen molar-refractivity contribution < 1.29 is 9.90 Å². The number of phenols is 1. The maximum atomic E-state index is 12.5. The number of carbonyl (C=O) groups excluding carboxylic acids is 1. The summed E-state index contributed by atoms with van der Waals surface area (Å²) in [5, 5.41) is 16.2. The summed E-state index contributed by atoms with van der Waals surface area (Å²) in [5.74, 6) is 0.263. The third-order valence-electron chi connectivity index (χ3n) is 5.52. The van der Waals surface area contributed by atoms with E-state index in [-0.39, 0.29) is 16.9 Å². The number of thioether (sulfide) groups is 1. The molecule has 25 heavy (non-hydrogen) atoms. The molecule has 0 saturated carbocycles. The van der Waals surface area contributed by atoms with E-state index in [9.17, 15) is 9.90 Å². The van der Waals surface area contributed by atoms with Crippen LogP contribution in [0.2, 0.25) is 0 Å². The number of phenolic OH excluding ortho intramolecular Hbond substituents is 1. The molecule has 2 bridgehead atoms. The Kier molecular flexibility index (Phi) is 2.55. The van der Waals surface area contributed by atoms with Gasteiger partial charge in [0.25, 0.3) is 0 Å². The summed E-state index contributed by atoms with van der Waals surface area (Å²) in [5.41, 5.74) is 4.48. The van der Waals surface area contributed by atoms with E-state index in [1.54, 1.807) is 11.8 Å². The fourth-order valence-corrected chi connectivity index (χ4v) is 6.48. The molecule has 124 valence electrons. The molecule has 0 fully saturated rings. The van der Waals surface area contributed by atoms with Crippen LogP contribution in [0.25, 0.3) is 5.57 Å². The second-order valence-corrected chi connectivity index (χ2v) is 9.10. The van der Waals surface area contributed by atoms with Crippen molar-refractivity contribution >= 4 is 56.6 Å². The number of anilines is 1. The predicted octanol–water partition coefficient (Wildman–Crippen LogP) is 2.15. The quantitative estimate of drug-likeness (QED) is 0.639. The lowest BCUT2D eigenvalue weighted by atomic mass is 9.80. The molecule has 0 aromatic heterocycles. The third-order valence-corrected chi connectivity index (χ3v) is 7.68. The summed E-state index contributed by atoms with van der Waals surface area (Å²) in [6.07, 6.45) is 7.13. The second-order valence-electron chi connectivity index (χ2n) is 6.81. The Morgan fingerprint density at radius 1 is 1.44 bits per heavy atom. The molecule has 1 spiro atoms. The van der Waals surface area contributed by atoms with E-state index in [1.165, 1.54) is 0 Å². The molecule has 1 aliphatic carbocycles. The molecule has 6 rings (SSSR count). The van der Waals surface area contributed by atoms with Gasteiger partial charge in [-0.2, -0.15) is 0 Å². The molecule has 4 heterocycles. The number of Topliss-reactive ketones (excluding diaryl/α,β-unsaturated/α-hetero) is 1. The van der Waals surface area contributed by atoms with Crippen LogP contribution in [0.3, 0.4) is 0 Å². The molecule has 4 aliphatic heterocycles. The minimum Gasteiger partial charge on any atom is -0.504 e. The van der Waals surface area contributed by atoms with Gasteiger partial charge in [0.1, 0.15) is 5.69 Å². The van der Waals surface area contributed by atoms with Gasteiger partial charge in [-0.3, -0.25) is 14.8 Å². The van der Waals surface area contributed by atoms with Crippen LogP contribution in [0, 0.1) is 0 Å². The number of nitrogens with one attached hydrogen (secondary N) is 1. The zero-order valence-electron chi connectivity index (χ0n) is 13.0. The minimum absolute atomic E-state index is 0.0264. The Morgan fingerprint density at radius 3 is 3.20 bits per heavy atom. The number of rotatable bonds is 0. The van der Waals surface area contributed by atoms with Gasteiger partial charge in [-0.25, -0.2) is 0 Å². The zero-order valence-corrected chi connectivity index (χ0v) is 15.4. The number of hydrogen-bond donors (Lipinski definition) is 2. The van der Waals surface area contributed by atoms with Crippen molar-refractivity contribution in [1.29, 1.82) is 0 Å². The summed E-state index contributed by atoms with van der Waals surface area (Å²) in [6, 6.07) is 0. The lowest BCUT2D eigenvalue weighted by Gasteiger charge is -2.39. The average Bonchev–Trinajstić information content (AvgIpc) is 3.13. The zero-order chi connectivity index (χ0) is 16.9. The van der Waals surface area contributed by atoms with Crippen molar-refractivity contribution in [3.63, 3.8) is 0 Å². The van der Waals surface area contributed by atoms with E-state index in [2.05, 4.69) is 32.3 Å². The Labute approximate surface area is 155 Å². The highest BCUT2D eigenvalue weighted by atomic mass is 79.9. The van der Waals surface area contributed by atoms with Crippen molar-refractivity contribution in [3.8, 4) is 5.75 Å². The van der Waals surface area contributed by atoms with Gasteiger partial charge in [0.15, 0.2) is 11.5 Å². The van der Waals surface area contributed by atoms with Crippen LogP contribution in [0.1, 0.15) is 18.4 Å². The molecule has 2 unspecified atom stereocenters. The number of hydrogen-bond acceptors (Lipinski definition) is 6. The Morgan fingerprint density at radius 2 is 2.32 bits per heavy atom. The number of aromatic hydroxyl groups is 1. The summed E-state index contributed by atoms with van der Waals surface area (Å²) in [4.78, 5) is 21.8. The predicted molar refractivity (Wildman–Crippen MR) is 101 cm³/mol.